The molecule has 0 N–H and O–H groups in total. The molecule has 0 aromatic heterocycles. The summed E-state index contributed by atoms with van der Waals surface area (Å²) in [5.41, 5.74) is 9.95. The number of fused-ring (bicyclic) bond motifs is 3. The Morgan fingerprint density at radius 3 is 2.16 bits per heavy atom. The van der Waals surface area contributed by atoms with Gasteiger partial charge in [0.25, 0.3) is 0 Å². The second-order valence-corrected chi connectivity index (χ2v) is 9.52. The Bertz CT molecular complexity index is 997. The molecular weight excluding hydrogens is 507 g/mol. The third-order valence-electron chi connectivity index (χ3n) is 5.98. The van der Waals surface area contributed by atoms with E-state index in [0.29, 0.717) is 15.4 Å². The van der Waals surface area contributed by atoms with Crippen molar-refractivity contribution in [1.82, 2.24) is 0 Å². The Labute approximate surface area is 230 Å². The molecule has 0 saturated heterocycles. The van der Waals surface area contributed by atoms with Crippen LogP contribution in [0.2, 0.25) is 0 Å². The third-order valence-corrected chi connectivity index (χ3v) is 7.58. The summed E-state index contributed by atoms with van der Waals surface area (Å²) in [4.78, 5) is 0. The molecule has 1 aliphatic carbocycles. The van der Waals surface area contributed by atoms with Crippen molar-refractivity contribution in [3.8, 4) is 11.1 Å². The summed E-state index contributed by atoms with van der Waals surface area (Å²) in [6.45, 7) is 8.97. The van der Waals surface area contributed by atoms with E-state index in [-0.39, 0.29) is 58.9 Å². The monoisotopic (exact) mass is 534 g/mol. The number of unbranched alkanes of at least 4 members (excludes halogenated alkanes) is 2. The summed E-state index contributed by atoms with van der Waals surface area (Å²) in [7, 11) is 0.678. The molecule has 0 heterocycles. The van der Waals surface area contributed by atoms with Crippen molar-refractivity contribution in [2.45, 2.75) is 59.3 Å². The Morgan fingerprint density at radius 1 is 0.844 bits per heavy atom. The molecule has 32 heavy (non-hydrogen) atoms. The second kappa shape index (κ2) is 14.0. The van der Waals surface area contributed by atoms with E-state index in [1.165, 1.54) is 75.0 Å². The first-order chi connectivity index (χ1) is 13.6. The smallest absolute Gasteiger partial charge is 1.00 e. The molecule has 1 unspecified atom stereocenters. The zero-order chi connectivity index (χ0) is 19.7. The van der Waals surface area contributed by atoms with Gasteiger partial charge in [-0.3, -0.25) is 0 Å². The Kier molecular flexibility index (Phi) is 13.8. The number of hydrogen-bond acceptors (Lipinski definition) is 0. The zero-order valence-electron chi connectivity index (χ0n) is 19.2. The van der Waals surface area contributed by atoms with Crippen LogP contribution in [-0.2, 0) is 21.7 Å². The first kappa shape index (κ1) is 31.5. The normalized spacial score (nSPS) is 12.9. The van der Waals surface area contributed by atoms with Crippen LogP contribution in [0.5, 0.6) is 0 Å². The average molecular weight is 536 g/mol. The maximum Gasteiger partial charge on any atom is 4.00 e. The molecule has 1 aliphatic rings. The molecular formula is C27H29Cl3SiTi. The SMILES string of the molecule is CCCCCC1c2[c-]c([Si]c3c(C)cc(C)cc3C)ccc2-c2ccccc21.[Cl-].[Cl-].[Cl-].[Ti+4]. The van der Waals surface area contributed by atoms with E-state index in [4.69, 9.17) is 0 Å². The molecule has 0 fully saturated rings. The Balaban J connectivity index is 0.00000240. The van der Waals surface area contributed by atoms with E-state index in [0.717, 1.165) is 0 Å². The Hall–Kier alpha value is -0.539. The van der Waals surface area contributed by atoms with Crippen LogP contribution in [0.1, 0.15) is 66.3 Å². The van der Waals surface area contributed by atoms with Gasteiger partial charge >= 0.3 is 21.7 Å². The molecule has 3 aromatic carbocycles. The average Bonchev–Trinajstić information content (AvgIpc) is 2.98. The van der Waals surface area contributed by atoms with Crippen LogP contribution in [0.3, 0.4) is 0 Å². The van der Waals surface area contributed by atoms with Crippen molar-refractivity contribution < 1.29 is 58.9 Å². The maximum absolute atomic E-state index is 3.88. The number of aryl methyl sites for hydroxylation is 3. The number of rotatable bonds is 6. The van der Waals surface area contributed by atoms with Crippen molar-refractivity contribution in [2.24, 2.45) is 0 Å². The van der Waals surface area contributed by atoms with E-state index in [1.807, 2.05) is 0 Å². The molecule has 166 valence electrons. The summed E-state index contributed by atoms with van der Waals surface area (Å²) >= 11 is 0. The van der Waals surface area contributed by atoms with Gasteiger partial charge in [-0.2, -0.15) is 23.4 Å². The van der Waals surface area contributed by atoms with Gasteiger partial charge in [-0.25, -0.2) is 0 Å². The van der Waals surface area contributed by atoms with E-state index < -0.39 is 0 Å². The van der Waals surface area contributed by atoms with Crippen molar-refractivity contribution in [2.75, 3.05) is 0 Å². The van der Waals surface area contributed by atoms with Crippen LogP contribution in [0.4, 0.5) is 0 Å². The summed E-state index contributed by atoms with van der Waals surface area (Å²) in [5, 5.41) is 2.84. The quantitative estimate of drug-likeness (QED) is 0.177. The van der Waals surface area contributed by atoms with Crippen LogP contribution in [0, 0.1) is 26.8 Å². The van der Waals surface area contributed by atoms with Gasteiger partial charge in [0, 0.05) is 0 Å². The van der Waals surface area contributed by atoms with Crippen LogP contribution < -0.4 is 47.6 Å². The summed E-state index contributed by atoms with van der Waals surface area (Å²) in [6.07, 6.45) is 5.13. The van der Waals surface area contributed by atoms with Crippen LogP contribution in [-0.4, -0.2) is 9.52 Å². The van der Waals surface area contributed by atoms with Gasteiger partial charge in [0.1, 0.15) is 0 Å². The van der Waals surface area contributed by atoms with Gasteiger partial charge in [-0.15, -0.1) is 11.1 Å². The molecule has 5 heteroatoms. The topological polar surface area (TPSA) is 0 Å². The maximum atomic E-state index is 3.88. The number of halogens is 3. The van der Waals surface area contributed by atoms with Gasteiger partial charge in [0.15, 0.2) is 0 Å². The minimum Gasteiger partial charge on any atom is -1.00 e. The molecule has 4 rings (SSSR count). The first-order valence-electron chi connectivity index (χ1n) is 10.6. The second-order valence-electron chi connectivity index (χ2n) is 8.23. The fourth-order valence-corrected chi connectivity index (χ4v) is 5.88. The zero-order valence-corrected chi connectivity index (χ0v) is 24.0. The fraction of sp³-hybridized carbons (Fsp3) is 0.333. The molecule has 2 radical (unpaired) electrons. The van der Waals surface area contributed by atoms with Gasteiger partial charge in [0.05, 0.1) is 9.52 Å². The van der Waals surface area contributed by atoms with Crippen LogP contribution in [0.25, 0.3) is 11.1 Å². The molecule has 3 aromatic rings. The minimum absolute atomic E-state index is 0. The predicted octanol–water partition coefficient (Wildman–Crippen LogP) is -3.23. The molecule has 0 saturated carbocycles. The first-order valence-corrected chi connectivity index (χ1v) is 11.6. The van der Waals surface area contributed by atoms with Crippen molar-refractivity contribution in [1.29, 1.82) is 0 Å². The van der Waals surface area contributed by atoms with Gasteiger partial charge in [0.2, 0.25) is 0 Å². The minimum atomic E-state index is 0. The predicted molar refractivity (Wildman–Crippen MR) is 122 cm³/mol. The molecule has 0 spiro atoms. The van der Waals surface area contributed by atoms with E-state index >= 15 is 0 Å². The number of hydrogen-bond donors (Lipinski definition) is 0. The fourth-order valence-electron chi connectivity index (χ4n) is 4.70. The summed E-state index contributed by atoms with van der Waals surface area (Å²) in [6, 6.07) is 22.1. The van der Waals surface area contributed by atoms with Crippen LogP contribution >= 0.6 is 0 Å². The van der Waals surface area contributed by atoms with E-state index in [1.54, 1.807) is 0 Å². The molecule has 0 bridgehead atoms. The number of benzene rings is 3. The summed E-state index contributed by atoms with van der Waals surface area (Å²) in [5.74, 6) is 0.516. The van der Waals surface area contributed by atoms with E-state index in [9.17, 15) is 0 Å². The van der Waals surface area contributed by atoms with Crippen molar-refractivity contribution in [3.05, 3.63) is 82.4 Å². The summed E-state index contributed by atoms with van der Waals surface area (Å²) < 4.78 is 0. The third kappa shape index (κ3) is 6.53. The van der Waals surface area contributed by atoms with Crippen molar-refractivity contribution >= 4 is 19.9 Å². The largest absolute Gasteiger partial charge is 4.00 e. The molecule has 1 atom stereocenters. The standard InChI is InChI=1S/C27H29Si.3ClH.Ti/c1-5-6-7-10-24-22-11-8-9-12-23(22)25-14-13-21(17-26(24)25)28-27-19(3)15-18(2)16-20(27)4;;;;/h8-9,11-16,24H,5-7,10H2,1-4H3;3*1H;/q-1;;;;+4/p-3. The van der Waals surface area contributed by atoms with E-state index in [2.05, 4.69) is 82.3 Å². The Morgan fingerprint density at radius 2 is 1.50 bits per heavy atom. The van der Waals surface area contributed by atoms with Gasteiger partial charge in [-0.1, -0.05) is 90.0 Å². The molecule has 0 nitrogen and oxygen atoms in total. The van der Waals surface area contributed by atoms with Crippen molar-refractivity contribution in [3.63, 3.8) is 0 Å². The molecule has 0 amide bonds. The van der Waals surface area contributed by atoms with Crippen LogP contribution in [0.15, 0.2) is 48.5 Å². The van der Waals surface area contributed by atoms with Gasteiger partial charge in [-0.05, 0) is 38.7 Å². The van der Waals surface area contributed by atoms with Gasteiger partial charge < -0.3 is 37.2 Å². The molecule has 0 aliphatic heterocycles.